The van der Waals surface area contributed by atoms with Crippen LogP contribution in [0.5, 0.6) is 5.75 Å². The minimum Gasteiger partial charge on any atom is -0.508 e. The molecule has 0 fully saturated rings. The molecule has 0 bridgehead atoms. The molecule has 0 amide bonds. The van der Waals surface area contributed by atoms with Crippen molar-refractivity contribution in [3.05, 3.63) is 88.7 Å². The van der Waals surface area contributed by atoms with E-state index in [4.69, 9.17) is 5.10 Å². The number of phenols is 1. The number of aromatic hydroxyl groups is 1. The number of pyridine rings is 1. The number of hydrazone groups is 1. The molecule has 1 unspecified atom stereocenters. The van der Waals surface area contributed by atoms with Gasteiger partial charge in [-0.15, -0.1) is 0 Å². The molecule has 130 valence electrons. The SMILES string of the molecule is Oc1cccc(C2CC(c3ccccn3)=NN(c3ccccc3Br)C2)c1. The van der Waals surface area contributed by atoms with E-state index in [2.05, 4.69) is 33.0 Å². The average molecular weight is 408 g/mol. The van der Waals surface area contributed by atoms with Crippen LogP contribution in [-0.2, 0) is 0 Å². The van der Waals surface area contributed by atoms with E-state index >= 15 is 0 Å². The number of para-hydroxylation sites is 1. The maximum atomic E-state index is 9.89. The summed E-state index contributed by atoms with van der Waals surface area (Å²) in [5.41, 5.74) is 3.95. The van der Waals surface area contributed by atoms with Crippen LogP contribution in [0, 0.1) is 0 Å². The number of aromatic nitrogens is 1. The van der Waals surface area contributed by atoms with Crippen molar-refractivity contribution >= 4 is 27.3 Å². The lowest BCUT2D eigenvalue weighted by Gasteiger charge is -2.32. The fraction of sp³-hybridized carbons (Fsp3) is 0.143. The van der Waals surface area contributed by atoms with E-state index < -0.39 is 0 Å². The van der Waals surface area contributed by atoms with Gasteiger partial charge in [-0.1, -0.05) is 30.3 Å². The van der Waals surface area contributed by atoms with Crippen molar-refractivity contribution in [2.24, 2.45) is 5.10 Å². The monoisotopic (exact) mass is 407 g/mol. The highest BCUT2D eigenvalue weighted by atomic mass is 79.9. The molecule has 1 atom stereocenters. The number of benzene rings is 2. The van der Waals surface area contributed by atoms with E-state index in [0.29, 0.717) is 0 Å². The first-order valence-corrected chi connectivity index (χ1v) is 9.30. The molecule has 0 spiro atoms. The summed E-state index contributed by atoms with van der Waals surface area (Å²) in [4.78, 5) is 4.48. The second-order valence-corrected chi connectivity index (χ2v) is 7.15. The quantitative estimate of drug-likeness (QED) is 0.667. The van der Waals surface area contributed by atoms with Crippen LogP contribution in [0.2, 0.25) is 0 Å². The summed E-state index contributed by atoms with van der Waals surface area (Å²) in [6.45, 7) is 0.738. The summed E-state index contributed by atoms with van der Waals surface area (Å²) in [6.07, 6.45) is 2.57. The van der Waals surface area contributed by atoms with E-state index in [9.17, 15) is 5.11 Å². The lowest BCUT2D eigenvalue weighted by atomic mass is 9.90. The molecule has 0 aliphatic carbocycles. The highest BCUT2D eigenvalue weighted by Gasteiger charge is 2.26. The van der Waals surface area contributed by atoms with E-state index in [1.165, 1.54) is 0 Å². The molecule has 1 aliphatic rings. The summed E-state index contributed by atoms with van der Waals surface area (Å²) in [6, 6.07) is 21.4. The largest absolute Gasteiger partial charge is 0.508 e. The Morgan fingerprint density at radius 1 is 1.00 bits per heavy atom. The van der Waals surface area contributed by atoms with Gasteiger partial charge < -0.3 is 5.11 Å². The third kappa shape index (κ3) is 3.48. The van der Waals surface area contributed by atoms with Crippen molar-refractivity contribution in [2.75, 3.05) is 11.6 Å². The minimum atomic E-state index is 0.212. The van der Waals surface area contributed by atoms with Gasteiger partial charge in [-0.25, -0.2) is 0 Å². The molecule has 4 nitrogen and oxygen atoms in total. The Morgan fingerprint density at radius 3 is 2.62 bits per heavy atom. The fourth-order valence-corrected chi connectivity index (χ4v) is 3.73. The predicted molar refractivity (Wildman–Crippen MR) is 108 cm³/mol. The molecular weight excluding hydrogens is 390 g/mol. The Balaban J connectivity index is 1.76. The molecule has 4 rings (SSSR count). The highest BCUT2D eigenvalue weighted by Crippen LogP contribution is 2.34. The van der Waals surface area contributed by atoms with Crippen molar-refractivity contribution < 1.29 is 5.11 Å². The minimum absolute atomic E-state index is 0.212. The zero-order valence-corrected chi connectivity index (χ0v) is 15.7. The third-order valence-electron chi connectivity index (χ3n) is 4.51. The molecule has 0 saturated heterocycles. The van der Waals surface area contributed by atoms with Crippen LogP contribution in [0.25, 0.3) is 0 Å². The summed E-state index contributed by atoms with van der Waals surface area (Å²) in [5, 5.41) is 16.8. The number of rotatable bonds is 3. The van der Waals surface area contributed by atoms with Gasteiger partial charge in [-0.2, -0.15) is 5.10 Å². The van der Waals surface area contributed by atoms with Crippen LogP contribution in [0.4, 0.5) is 5.69 Å². The van der Waals surface area contributed by atoms with Gasteiger partial charge in [0.15, 0.2) is 0 Å². The zero-order chi connectivity index (χ0) is 17.9. The molecule has 0 saturated carbocycles. The number of anilines is 1. The molecule has 1 aromatic heterocycles. The number of phenolic OH excluding ortho intramolecular Hbond substituents is 1. The Labute approximate surface area is 161 Å². The van der Waals surface area contributed by atoms with Gasteiger partial charge in [-0.05, 0) is 57.9 Å². The maximum absolute atomic E-state index is 9.89. The van der Waals surface area contributed by atoms with Crippen molar-refractivity contribution in [1.82, 2.24) is 4.98 Å². The molecule has 1 aliphatic heterocycles. The van der Waals surface area contributed by atoms with Gasteiger partial charge in [0.1, 0.15) is 5.75 Å². The molecule has 2 heterocycles. The second-order valence-electron chi connectivity index (χ2n) is 6.29. The van der Waals surface area contributed by atoms with Gasteiger partial charge in [0, 0.05) is 29.6 Å². The topological polar surface area (TPSA) is 48.7 Å². The molecule has 3 aromatic rings. The van der Waals surface area contributed by atoms with Crippen LogP contribution >= 0.6 is 15.9 Å². The molecule has 5 heteroatoms. The Hall–Kier alpha value is -2.66. The molecule has 0 radical (unpaired) electrons. The first-order valence-electron chi connectivity index (χ1n) is 8.50. The van der Waals surface area contributed by atoms with Gasteiger partial charge in [-0.3, -0.25) is 9.99 Å². The van der Waals surface area contributed by atoms with E-state index in [1.54, 1.807) is 12.3 Å². The normalized spacial score (nSPS) is 17.0. The van der Waals surface area contributed by atoms with Crippen LogP contribution in [0.1, 0.15) is 23.6 Å². The molecular formula is C21H18BrN3O. The standard InChI is InChI=1S/C21H18BrN3O/c22-18-8-1-2-10-21(18)25-14-16(15-6-5-7-17(26)12-15)13-20(24-25)19-9-3-4-11-23-19/h1-12,16,26H,13-14H2. The van der Waals surface area contributed by atoms with Crippen LogP contribution in [-0.4, -0.2) is 22.3 Å². The summed E-state index contributed by atoms with van der Waals surface area (Å²) in [7, 11) is 0. The number of hydrogen-bond donors (Lipinski definition) is 1. The lowest BCUT2D eigenvalue weighted by Crippen LogP contribution is -2.32. The summed E-state index contributed by atoms with van der Waals surface area (Å²) >= 11 is 3.63. The maximum Gasteiger partial charge on any atom is 0.115 e. The Morgan fingerprint density at radius 2 is 1.85 bits per heavy atom. The lowest BCUT2D eigenvalue weighted by molar-refractivity contribution is 0.473. The molecule has 2 aromatic carbocycles. The number of hydrogen-bond acceptors (Lipinski definition) is 4. The van der Waals surface area contributed by atoms with Crippen molar-refractivity contribution in [1.29, 1.82) is 0 Å². The van der Waals surface area contributed by atoms with Gasteiger partial charge in [0.05, 0.1) is 17.1 Å². The number of nitrogens with zero attached hydrogens (tertiary/aromatic N) is 3. The van der Waals surface area contributed by atoms with E-state index in [1.807, 2.05) is 53.5 Å². The molecule has 26 heavy (non-hydrogen) atoms. The predicted octanol–water partition coefficient (Wildman–Crippen LogP) is 4.95. The summed E-state index contributed by atoms with van der Waals surface area (Å²) in [5.74, 6) is 0.501. The Kier molecular flexibility index (Phi) is 4.71. The zero-order valence-electron chi connectivity index (χ0n) is 14.1. The average Bonchev–Trinajstić information content (AvgIpc) is 2.69. The van der Waals surface area contributed by atoms with Gasteiger partial charge in [0.25, 0.3) is 0 Å². The Bertz CT molecular complexity index is 943. The van der Waals surface area contributed by atoms with Gasteiger partial charge in [0.2, 0.25) is 0 Å². The van der Waals surface area contributed by atoms with Crippen LogP contribution in [0.3, 0.4) is 0 Å². The molecule has 1 N–H and O–H groups in total. The van der Waals surface area contributed by atoms with Crippen molar-refractivity contribution in [2.45, 2.75) is 12.3 Å². The number of halogens is 1. The van der Waals surface area contributed by atoms with Crippen molar-refractivity contribution in [3.8, 4) is 5.75 Å². The van der Waals surface area contributed by atoms with Crippen LogP contribution in [0.15, 0.2) is 82.5 Å². The van der Waals surface area contributed by atoms with Crippen LogP contribution < -0.4 is 5.01 Å². The van der Waals surface area contributed by atoms with E-state index in [-0.39, 0.29) is 11.7 Å². The third-order valence-corrected chi connectivity index (χ3v) is 5.18. The second kappa shape index (κ2) is 7.30. The highest BCUT2D eigenvalue weighted by molar-refractivity contribution is 9.10. The first kappa shape index (κ1) is 16.8. The van der Waals surface area contributed by atoms with E-state index in [0.717, 1.165) is 40.1 Å². The fourth-order valence-electron chi connectivity index (χ4n) is 3.24. The van der Waals surface area contributed by atoms with Gasteiger partial charge >= 0.3 is 0 Å². The first-order chi connectivity index (χ1) is 12.7. The van der Waals surface area contributed by atoms with Crippen molar-refractivity contribution in [3.63, 3.8) is 0 Å². The summed E-state index contributed by atoms with van der Waals surface area (Å²) < 4.78 is 1.00. The smallest absolute Gasteiger partial charge is 0.115 e.